The molecular formula is C22H21F3N2O8S2. The summed E-state index contributed by atoms with van der Waals surface area (Å²) >= 11 is 0. The lowest BCUT2D eigenvalue weighted by molar-refractivity contribution is -0.140. The number of hydrogen-bond donors (Lipinski definition) is 0. The lowest BCUT2D eigenvalue weighted by atomic mass is 10.1. The van der Waals surface area contributed by atoms with Crippen LogP contribution in [0.3, 0.4) is 0 Å². The summed E-state index contributed by atoms with van der Waals surface area (Å²) in [7, 11) is -10.7. The number of carbonyl (C=O) groups is 1. The molecule has 1 atom stereocenters. The molecule has 0 aromatic heterocycles. The quantitative estimate of drug-likeness (QED) is 0.409. The van der Waals surface area contributed by atoms with E-state index in [1.54, 1.807) is 11.8 Å². The maximum Gasteiger partial charge on any atom is 0.534 e. The van der Waals surface area contributed by atoms with Crippen molar-refractivity contribution in [1.82, 2.24) is 4.31 Å². The van der Waals surface area contributed by atoms with E-state index in [1.165, 1.54) is 36.4 Å². The number of amides is 1. The van der Waals surface area contributed by atoms with Crippen LogP contribution in [0.4, 0.5) is 18.9 Å². The second-order valence-corrected chi connectivity index (χ2v) is 12.3. The minimum Gasteiger partial charge on any atom is -0.375 e. The van der Waals surface area contributed by atoms with Crippen molar-refractivity contribution in [3.63, 3.8) is 0 Å². The van der Waals surface area contributed by atoms with Gasteiger partial charge in [-0.1, -0.05) is 23.8 Å². The van der Waals surface area contributed by atoms with Gasteiger partial charge in [-0.05, 0) is 31.2 Å². The van der Waals surface area contributed by atoms with Crippen LogP contribution >= 0.6 is 0 Å². The SMILES string of the molecule is Cc1ccc(S(=O)(=O)N2C[C@@H]3CC4(CN3c3cccc(OS(=O)(=O)C(F)(F)F)c3C2=O)OCCO4)cc1. The first-order valence-corrected chi connectivity index (χ1v) is 13.9. The van der Waals surface area contributed by atoms with Crippen LogP contribution in [-0.2, 0) is 29.6 Å². The molecule has 0 radical (unpaired) electrons. The van der Waals surface area contributed by atoms with Gasteiger partial charge in [0.15, 0.2) is 11.5 Å². The number of sulfonamides is 1. The normalized spacial score (nSPS) is 21.6. The summed E-state index contributed by atoms with van der Waals surface area (Å²) in [4.78, 5) is 15.1. The Morgan fingerprint density at radius 3 is 2.30 bits per heavy atom. The van der Waals surface area contributed by atoms with E-state index < -0.39 is 54.7 Å². The Morgan fingerprint density at radius 1 is 1.03 bits per heavy atom. The van der Waals surface area contributed by atoms with Crippen molar-refractivity contribution < 1.29 is 48.5 Å². The molecule has 3 heterocycles. The maximum absolute atomic E-state index is 13.7. The van der Waals surface area contributed by atoms with E-state index in [0.717, 1.165) is 11.6 Å². The Hall–Kier alpha value is -2.88. The summed E-state index contributed by atoms with van der Waals surface area (Å²) in [6.45, 7) is 1.96. The molecule has 0 bridgehead atoms. The number of halogens is 3. The molecule has 1 spiro atoms. The highest BCUT2D eigenvalue weighted by Crippen LogP contribution is 2.44. The molecular weight excluding hydrogens is 541 g/mol. The van der Waals surface area contributed by atoms with Crippen molar-refractivity contribution in [2.45, 2.75) is 35.6 Å². The van der Waals surface area contributed by atoms with Gasteiger partial charge in [0.05, 0.1) is 42.9 Å². The Bertz CT molecular complexity index is 1450. The van der Waals surface area contributed by atoms with Crippen LogP contribution in [0.25, 0.3) is 0 Å². The number of anilines is 1. The predicted molar refractivity (Wildman–Crippen MR) is 122 cm³/mol. The van der Waals surface area contributed by atoms with Gasteiger partial charge in [-0.15, -0.1) is 0 Å². The number of nitrogens with zero attached hydrogens (tertiary/aromatic N) is 2. The Morgan fingerprint density at radius 2 is 1.68 bits per heavy atom. The topological polar surface area (TPSA) is 120 Å². The van der Waals surface area contributed by atoms with Crippen molar-refractivity contribution in [2.75, 3.05) is 31.2 Å². The van der Waals surface area contributed by atoms with Crippen molar-refractivity contribution in [3.8, 4) is 5.75 Å². The number of fused-ring (bicyclic) bond motifs is 3. The zero-order chi connectivity index (χ0) is 26.8. The smallest absolute Gasteiger partial charge is 0.375 e. The van der Waals surface area contributed by atoms with Gasteiger partial charge in [0, 0.05) is 6.42 Å². The maximum atomic E-state index is 13.7. The lowest BCUT2D eigenvalue weighted by Crippen LogP contribution is -2.43. The third-order valence-corrected chi connectivity index (χ3v) is 9.16. The first-order chi connectivity index (χ1) is 17.2. The fourth-order valence-electron chi connectivity index (χ4n) is 4.73. The first-order valence-electron chi connectivity index (χ1n) is 11.1. The van der Waals surface area contributed by atoms with E-state index in [9.17, 15) is 34.8 Å². The molecule has 1 amide bonds. The highest BCUT2D eigenvalue weighted by molar-refractivity contribution is 7.89. The van der Waals surface area contributed by atoms with Gasteiger partial charge in [-0.2, -0.15) is 21.6 Å². The third-order valence-electron chi connectivity index (χ3n) is 6.43. The molecule has 37 heavy (non-hydrogen) atoms. The molecule has 0 aliphatic carbocycles. The van der Waals surface area contributed by atoms with Gasteiger partial charge in [0.1, 0.15) is 5.56 Å². The first kappa shape index (κ1) is 25.8. The van der Waals surface area contributed by atoms with Crippen molar-refractivity contribution in [2.24, 2.45) is 0 Å². The van der Waals surface area contributed by atoms with E-state index in [4.69, 9.17) is 9.47 Å². The van der Waals surface area contributed by atoms with Crippen LogP contribution in [0, 0.1) is 6.92 Å². The molecule has 200 valence electrons. The molecule has 3 aliphatic rings. The summed E-state index contributed by atoms with van der Waals surface area (Å²) in [5.74, 6) is -3.28. The summed E-state index contributed by atoms with van der Waals surface area (Å²) in [5.41, 5.74) is -5.65. The standard InChI is InChI=1S/C22H21F3N2O8S2/c1-14-5-7-16(8-6-14)36(29,30)27-12-15-11-21(33-9-10-34-21)13-26(15)17-3-2-4-18(19(17)20(27)28)35-37(31,32)22(23,24)25/h2-8,15H,9-13H2,1H3/t15-/m0/s1. The summed E-state index contributed by atoms with van der Waals surface area (Å²) < 4.78 is 107. The van der Waals surface area contributed by atoms with Crippen molar-refractivity contribution >= 4 is 31.7 Å². The average molecular weight is 563 g/mol. The number of ether oxygens (including phenoxy) is 2. The monoisotopic (exact) mass is 562 g/mol. The largest absolute Gasteiger partial charge is 0.534 e. The van der Waals surface area contributed by atoms with E-state index in [0.29, 0.717) is 4.31 Å². The lowest BCUT2D eigenvalue weighted by Gasteiger charge is -2.26. The van der Waals surface area contributed by atoms with Crippen LogP contribution in [-0.4, -0.2) is 70.7 Å². The number of carbonyl (C=O) groups excluding carboxylic acids is 1. The molecule has 15 heteroatoms. The van der Waals surface area contributed by atoms with Crippen LogP contribution in [0.1, 0.15) is 22.3 Å². The third kappa shape index (κ3) is 4.32. The molecule has 2 fully saturated rings. The van der Waals surface area contributed by atoms with Crippen LogP contribution in [0.5, 0.6) is 5.75 Å². The number of rotatable bonds is 4. The Balaban J connectivity index is 1.67. The highest BCUT2D eigenvalue weighted by atomic mass is 32.2. The number of alkyl halides is 3. The zero-order valence-electron chi connectivity index (χ0n) is 19.3. The van der Waals surface area contributed by atoms with Gasteiger partial charge < -0.3 is 18.6 Å². The van der Waals surface area contributed by atoms with Gasteiger partial charge >= 0.3 is 15.6 Å². The Labute approximate surface area is 210 Å². The minimum absolute atomic E-state index is 0.00227. The zero-order valence-corrected chi connectivity index (χ0v) is 20.9. The molecule has 2 aromatic carbocycles. The number of benzene rings is 2. The van der Waals surface area contributed by atoms with E-state index in [1.807, 2.05) is 0 Å². The minimum atomic E-state index is -6.16. The fraction of sp³-hybridized carbons (Fsp3) is 0.409. The highest BCUT2D eigenvalue weighted by Gasteiger charge is 2.54. The molecule has 0 unspecified atom stereocenters. The van der Waals surface area contributed by atoms with Gasteiger partial charge in [0.25, 0.3) is 15.9 Å². The van der Waals surface area contributed by atoms with E-state index >= 15 is 0 Å². The van der Waals surface area contributed by atoms with Gasteiger partial charge in [-0.3, -0.25) is 4.79 Å². The summed E-state index contributed by atoms with van der Waals surface area (Å²) in [6, 6.07) is 8.45. The molecule has 10 nitrogen and oxygen atoms in total. The van der Waals surface area contributed by atoms with Crippen molar-refractivity contribution in [1.29, 1.82) is 0 Å². The molecule has 2 saturated heterocycles. The molecule has 3 aliphatic heterocycles. The summed E-state index contributed by atoms with van der Waals surface area (Å²) in [6.07, 6.45) is 0.158. The number of aryl methyl sites for hydroxylation is 1. The van der Waals surface area contributed by atoms with Crippen molar-refractivity contribution in [3.05, 3.63) is 53.6 Å². The predicted octanol–water partition coefficient (Wildman–Crippen LogP) is 2.39. The molecule has 0 saturated carbocycles. The van der Waals surface area contributed by atoms with Crippen LogP contribution in [0.15, 0.2) is 47.4 Å². The van der Waals surface area contributed by atoms with Gasteiger partial charge in [-0.25, -0.2) is 12.7 Å². The summed E-state index contributed by atoms with van der Waals surface area (Å²) in [5, 5.41) is 0. The fourth-order valence-corrected chi connectivity index (χ4v) is 6.61. The molecule has 0 N–H and O–H groups in total. The van der Waals surface area contributed by atoms with Crippen LogP contribution < -0.4 is 9.08 Å². The molecule has 5 rings (SSSR count). The van der Waals surface area contributed by atoms with Crippen LogP contribution in [0.2, 0.25) is 0 Å². The Kier molecular flexibility index (Phi) is 5.97. The second kappa shape index (κ2) is 8.58. The van der Waals surface area contributed by atoms with E-state index in [2.05, 4.69) is 4.18 Å². The second-order valence-electron chi connectivity index (χ2n) is 8.88. The molecule has 2 aromatic rings. The van der Waals surface area contributed by atoms with E-state index in [-0.39, 0.29) is 43.3 Å². The van der Waals surface area contributed by atoms with Gasteiger partial charge in [0.2, 0.25) is 0 Å². The average Bonchev–Trinajstić information content (AvgIpc) is 3.39. The number of hydrogen-bond acceptors (Lipinski definition) is 9.